The zero-order valence-corrected chi connectivity index (χ0v) is 35.6. The summed E-state index contributed by atoms with van der Waals surface area (Å²) in [6.45, 7) is 7.75. The second-order valence-electron chi connectivity index (χ2n) is 17.1. The summed E-state index contributed by atoms with van der Waals surface area (Å²) in [7, 11) is -0.718. The van der Waals surface area contributed by atoms with E-state index in [-0.39, 0.29) is 29.4 Å². The van der Waals surface area contributed by atoms with Gasteiger partial charge in [-0.3, -0.25) is 19.2 Å². The molecule has 1 N–H and O–H groups in total. The van der Waals surface area contributed by atoms with Crippen LogP contribution in [0.4, 0.5) is 17.1 Å². The van der Waals surface area contributed by atoms with Gasteiger partial charge in [0.2, 0.25) is 0 Å². The number of hydrogen-bond donors (Lipinski definition) is 1. The molecule has 306 valence electrons. The van der Waals surface area contributed by atoms with E-state index in [1.54, 1.807) is 22.9 Å². The number of aliphatic hydroxyl groups excluding tert-OH is 1. The molecule has 10 rings (SSSR count). The number of fused-ring (bicyclic) bond motifs is 2. The lowest BCUT2D eigenvalue weighted by Crippen LogP contribution is -2.51. The van der Waals surface area contributed by atoms with Gasteiger partial charge in [0.25, 0.3) is 11.8 Å². The third kappa shape index (κ3) is 6.21. The highest BCUT2D eigenvalue weighted by atomic mass is 28.3. The first kappa shape index (κ1) is 38.8. The number of methoxy groups -OCH3 is 1. The molecule has 0 bridgehead atoms. The van der Waals surface area contributed by atoms with E-state index in [2.05, 4.69) is 48.5 Å². The van der Waals surface area contributed by atoms with Crippen molar-refractivity contribution in [2.24, 2.45) is 5.92 Å². The standard InChI is InChI=1S/C50H47N5O5Si/c1-32-47(61(3,4)38-25-23-37(59-2)24-26-38)44(27-28-53-31-41(51-52-53)46(56)35-14-6-5-7-15-35)60-50(32)40-20-8-9-21-42(40)54(49(50)58)30-33-13-10-18-36(29-33)55-43-22-12-17-34-16-11-19-39(45(34)43)48(55)57/h5-26,29,31-32,44,46-47,56H,27-28,30H2,1-4H3/t32-,44+,46+,47-,50+/m0/s1. The summed E-state index contributed by atoms with van der Waals surface area (Å²) >= 11 is 0. The van der Waals surface area contributed by atoms with Crippen molar-refractivity contribution in [3.63, 3.8) is 0 Å². The number of aromatic nitrogens is 3. The van der Waals surface area contributed by atoms with Crippen LogP contribution in [-0.4, -0.2) is 53.2 Å². The van der Waals surface area contributed by atoms with Crippen LogP contribution >= 0.6 is 0 Å². The van der Waals surface area contributed by atoms with Crippen LogP contribution in [0.2, 0.25) is 18.6 Å². The minimum absolute atomic E-state index is 0.0320. The van der Waals surface area contributed by atoms with Crippen LogP contribution in [-0.2, 0) is 28.2 Å². The van der Waals surface area contributed by atoms with Crippen molar-refractivity contribution in [1.29, 1.82) is 0 Å². The van der Waals surface area contributed by atoms with Crippen molar-refractivity contribution < 1.29 is 24.2 Å². The Balaban J connectivity index is 0.981. The van der Waals surface area contributed by atoms with Gasteiger partial charge in [0.1, 0.15) is 17.5 Å². The van der Waals surface area contributed by atoms with Crippen LogP contribution in [0.15, 0.2) is 146 Å². The number of benzene rings is 6. The Kier molecular flexibility index (Phi) is 9.50. The van der Waals surface area contributed by atoms with Crippen LogP contribution in [0.5, 0.6) is 5.75 Å². The number of anilines is 3. The number of nitrogens with zero attached hydrogens (tertiary/aromatic N) is 5. The minimum atomic E-state index is -2.39. The molecule has 1 saturated heterocycles. The molecular formula is C50H47N5O5Si. The van der Waals surface area contributed by atoms with Gasteiger partial charge in [-0.15, -0.1) is 5.10 Å². The first-order valence-electron chi connectivity index (χ1n) is 20.9. The Labute approximate surface area is 356 Å². The number of ether oxygens (including phenoxy) is 2. The maximum absolute atomic E-state index is 15.5. The fourth-order valence-electron chi connectivity index (χ4n) is 10.5. The zero-order chi connectivity index (χ0) is 42.0. The average Bonchev–Trinajstić information content (AvgIpc) is 4.03. The lowest BCUT2D eigenvalue weighted by Gasteiger charge is -2.37. The van der Waals surface area contributed by atoms with Crippen molar-refractivity contribution in [3.05, 3.63) is 174 Å². The second kappa shape index (κ2) is 14.9. The molecule has 3 aliphatic rings. The molecule has 4 heterocycles. The largest absolute Gasteiger partial charge is 0.497 e. The van der Waals surface area contributed by atoms with Crippen molar-refractivity contribution in [3.8, 4) is 5.75 Å². The Morgan fingerprint density at radius 2 is 1.57 bits per heavy atom. The van der Waals surface area contributed by atoms with E-state index in [9.17, 15) is 9.90 Å². The molecule has 0 radical (unpaired) electrons. The molecule has 11 heteroatoms. The molecule has 7 aromatic rings. The molecule has 2 amide bonds. The molecule has 1 aromatic heterocycles. The monoisotopic (exact) mass is 825 g/mol. The molecule has 61 heavy (non-hydrogen) atoms. The van der Waals surface area contributed by atoms with Gasteiger partial charge in [0.05, 0.1) is 51.0 Å². The van der Waals surface area contributed by atoms with E-state index in [4.69, 9.17) is 9.47 Å². The van der Waals surface area contributed by atoms with Gasteiger partial charge in [-0.1, -0.05) is 127 Å². The first-order chi connectivity index (χ1) is 29.6. The van der Waals surface area contributed by atoms with E-state index in [0.717, 1.165) is 50.3 Å². The molecule has 0 unspecified atom stereocenters. The van der Waals surface area contributed by atoms with Gasteiger partial charge >= 0.3 is 0 Å². The van der Waals surface area contributed by atoms with Gasteiger partial charge in [-0.25, -0.2) is 0 Å². The topological polar surface area (TPSA) is 110 Å². The lowest BCUT2D eigenvalue weighted by molar-refractivity contribution is -0.146. The van der Waals surface area contributed by atoms with E-state index in [1.165, 1.54) is 5.19 Å². The number of para-hydroxylation sites is 1. The molecule has 6 aromatic carbocycles. The highest BCUT2D eigenvalue weighted by molar-refractivity contribution is 6.91. The number of hydrogen-bond acceptors (Lipinski definition) is 7. The Morgan fingerprint density at radius 1 is 0.852 bits per heavy atom. The number of rotatable bonds is 11. The number of aliphatic hydroxyl groups is 1. The second-order valence-corrected chi connectivity index (χ2v) is 21.8. The minimum Gasteiger partial charge on any atom is -0.497 e. The summed E-state index contributed by atoms with van der Waals surface area (Å²) in [5, 5.41) is 23.1. The van der Waals surface area contributed by atoms with Crippen molar-refractivity contribution >= 4 is 52.9 Å². The summed E-state index contributed by atoms with van der Waals surface area (Å²) < 4.78 is 14.7. The van der Waals surface area contributed by atoms with E-state index >= 15 is 4.79 Å². The fraction of sp³-hybridized carbons (Fsp3) is 0.240. The van der Waals surface area contributed by atoms with Gasteiger partial charge < -0.3 is 19.5 Å². The molecule has 1 fully saturated rings. The number of carbonyl (C=O) groups is 2. The summed E-state index contributed by atoms with van der Waals surface area (Å²) in [4.78, 5) is 33.0. The third-order valence-electron chi connectivity index (χ3n) is 13.4. The predicted octanol–water partition coefficient (Wildman–Crippen LogP) is 8.67. The maximum atomic E-state index is 15.5. The molecular weight excluding hydrogens is 779 g/mol. The maximum Gasteiger partial charge on any atom is 0.264 e. The van der Waals surface area contributed by atoms with Crippen LogP contribution in [0.3, 0.4) is 0 Å². The number of aryl methyl sites for hydroxylation is 1. The van der Waals surface area contributed by atoms with Crippen LogP contribution < -0.4 is 19.7 Å². The van der Waals surface area contributed by atoms with E-state index in [0.29, 0.717) is 30.8 Å². The van der Waals surface area contributed by atoms with Gasteiger partial charge in [-0.05, 0) is 70.9 Å². The first-order valence-corrected chi connectivity index (χ1v) is 24.0. The molecule has 1 spiro atoms. The number of carbonyl (C=O) groups excluding carboxylic acids is 2. The van der Waals surface area contributed by atoms with Crippen LogP contribution in [0, 0.1) is 5.92 Å². The van der Waals surface area contributed by atoms with E-state index < -0.39 is 19.8 Å². The Bertz CT molecular complexity index is 2800. The average molecular weight is 826 g/mol. The van der Waals surface area contributed by atoms with Crippen molar-refractivity contribution in [2.45, 2.75) is 62.9 Å². The van der Waals surface area contributed by atoms with Gasteiger partial charge in [0.15, 0.2) is 5.60 Å². The summed E-state index contributed by atoms with van der Waals surface area (Å²) in [6, 6.07) is 45.7. The fourth-order valence-corrected chi connectivity index (χ4v) is 14.5. The molecule has 3 aliphatic heterocycles. The normalized spacial score (nSPS) is 21.2. The number of amides is 2. The molecule has 0 saturated carbocycles. The Hall–Kier alpha value is -6.40. The van der Waals surface area contributed by atoms with Crippen LogP contribution in [0.1, 0.15) is 52.2 Å². The van der Waals surface area contributed by atoms with Crippen molar-refractivity contribution in [2.75, 3.05) is 16.9 Å². The van der Waals surface area contributed by atoms with E-state index in [1.807, 2.05) is 126 Å². The quantitative estimate of drug-likeness (QED) is 0.130. The zero-order valence-electron chi connectivity index (χ0n) is 34.6. The smallest absolute Gasteiger partial charge is 0.264 e. The summed E-state index contributed by atoms with van der Waals surface area (Å²) in [6.07, 6.45) is 1.20. The summed E-state index contributed by atoms with van der Waals surface area (Å²) in [5.74, 6) is 0.474. The van der Waals surface area contributed by atoms with Gasteiger partial charge in [0, 0.05) is 29.1 Å². The van der Waals surface area contributed by atoms with Crippen LogP contribution in [0.25, 0.3) is 10.8 Å². The highest BCUT2D eigenvalue weighted by Gasteiger charge is 2.66. The Morgan fingerprint density at radius 3 is 2.36 bits per heavy atom. The van der Waals surface area contributed by atoms with Crippen molar-refractivity contribution in [1.82, 2.24) is 15.0 Å². The highest BCUT2D eigenvalue weighted by Crippen LogP contribution is 2.60. The molecule has 5 atom stereocenters. The lowest BCUT2D eigenvalue weighted by atomic mass is 9.82. The third-order valence-corrected chi connectivity index (χ3v) is 17.8. The molecule has 10 nitrogen and oxygen atoms in total. The predicted molar refractivity (Wildman–Crippen MR) is 239 cm³/mol. The summed E-state index contributed by atoms with van der Waals surface area (Å²) in [5.41, 5.74) is 4.95. The molecule has 0 aliphatic carbocycles. The SMILES string of the molecule is COc1ccc([Si](C)(C)[C@@H]2[C@@H](CCn3cc([C@H](O)c4ccccc4)nn3)O[C@]3(C(=O)N(Cc4cccc(N5C(=O)c6cccc7cccc5c67)c4)c4ccccc43)[C@H]2C)cc1. The van der Waals surface area contributed by atoms with Gasteiger partial charge in [-0.2, -0.15) is 0 Å².